The second kappa shape index (κ2) is 3.45. The van der Waals surface area contributed by atoms with Crippen molar-refractivity contribution in [3.05, 3.63) is 29.6 Å². The average Bonchev–Trinajstić information content (AvgIpc) is 2.55. The fourth-order valence-electron chi connectivity index (χ4n) is 1.86. The number of nitrogens with zero attached hydrogens (tertiary/aromatic N) is 2. The lowest BCUT2D eigenvalue weighted by Crippen LogP contribution is -1.89. The quantitative estimate of drug-likeness (QED) is 0.708. The SMILES string of the molecule is CCc1cnc2c(c1)c(CC)cn2C. The van der Waals surface area contributed by atoms with Gasteiger partial charge in [-0.05, 0) is 30.0 Å². The van der Waals surface area contributed by atoms with Crippen molar-refractivity contribution in [3.63, 3.8) is 0 Å². The summed E-state index contributed by atoms with van der Waals surface area (Å²) in [5.74, 6) is 0. The summed E-state index contributed by atoms with van der Waals surface area (Å²) in [6.07, 6.45) is 6.28. The maximum Gasteiger partial charge on any atom is 0.139 e. The van der Waals surface area contributed by atoms with Crippen molar-refractivity contribution in [3.8, 4) is 0 Å². The fraction of sp³-hybridized carbons (Fsp3) is 0.417. The molecule has 0 N–H and O–H groups in total. The van der Waals surface area contributed by atoms with Gasteiger partial charge in [-0.15, -0.1) is 0 Å². The number of aryl methyl sites for hydroxylation is 3. The molecule has 0 unspecified atom stereocenters. The van der Waals surface area contributed by atoms with Gasteiger partial charge in [0.15, 0.2) is 0 Å². The lowest BCUT2D eigenvalue weighted by molar-refractivity contribution is 0.935. The highest BCUT2D eigenvalue weighted by atomic mass is 15.0. The number of pyridine rings is 1. The van der Waals surface area contributed by atoms with Crippen molar-refractivity contribution >= 4 is 11.0 Å². The van der Waals surface area contributed by atoms with Crippen molar-refractivity contribution in [2.24, 2.45) is 7.05 Å². The smallest absolute Gasteiger partial charge is 0.139 e. The monoisotopic (exact) mass is 188 g/mol. The molecule has 2 rings (SSSR count). The highest BCUT2D eigenvalue weighted by Gasteiger charge is 2.06. The van der Waals surface area contributed by atoms with E-state index in [0.29, 0.717) is 0 Å². The second-order valence-electron chi connectivity index (χ2n) is 3.69. The first-order valence-corrected chi connectivity index (χ1v) is 5.19. The first-order chi connectivity index (χ1) is 6.76. The number of rotatable bonds is 2. The molecule has 2 nitrogen and oxygen atoms in total. The summed E-state index contributed by atoms with van der Waals surface area (Å²) in [4.78, 5) is 4.48. The number of fused-ring (bicyclic) bond motifs is 1. The predicted molar refractivity (Wildman–Crippen MR) is 59.5 cm³/mol. The number of hydrogen-bond acceptors (Lipinski definition) is 1. The molecule has 0 aliphatic heterocycles. The Balaban J connectivity index is 2.71. The Kier molecular flexibility index (Phi) is 2.28. The summed E-state index contributed by atoms with van der Waals surface area (Å²) < 4.78 is 2.10. The van der Waals surface area contributed by atoms with E-state index < -0.39 is 0 Å². The maximum atomic E-state index is 4.48. The Hall–Kier alpha value is -1.31. The minimum Gasteiger partial charge on any atom is -0.335 e. The summed E-state index contributed by atoms with van der Waals surface area (Å²) in [5, 5.41) is 1.31. The topological polar surface area (TPSA) is 17.8 Å². The average molecular weight is 188 g/mol. The van der Waals surface area contributed by atoms with Gasteiger partial charge in [0.25, 0.3) is 0 Å². The molecule has 0 saturated heterocycles. The lowest BCUT2D eigenvalue weighted by Gasteiger charge is -1.98. The van der Waals surface area contributed by atoms with Crippen LogP contribution >= 0.6 is 0 Å². The zero-order valence-corrected chi connectivity index (χ0v) is 9.04. The van der Waals surface area contributed by atoms with E-state index in [-0.39, 0.29) is 0 Å². The minimum absolute atomic E-state index is 1.06. The zero-order valence-electron chi connectivity index (χ0n) is 9.04. The highest BCUT2D eigenvalue weighted by molar-refractivity contribution is 5.81. The number of hydrogen-bond donors (Lipinski definition) is 0. The van der Waals surface area contributed by atoms with E-state index in [2.05, 4.69) is 42.7 Å². The van der Waals surface area contributed by atoms with Gasteiger partial charge < -0.3 is 4.57 Å². The van der Waals surface area contributed by atoms with Gasteiger partial charge in [-0.1, -0.05) is 13.8 Å². The third-order valence-corrected chi connectivity index (χ3v) is 2.74. The molecule has 0 aliphatic carbocycles. The fourth-order valence-corrected chi connectivity index (χ4v) is 1.86. The van der Waals surface area contributed by atoms with Crippen LogP contribution in [-0.4, -0.2) is 9.55 Å². The van der Waals surface area contributed by atoms with Crippen LogP contribution in [-0.2, 0) is 19.9 Å². The Morgan fingerprint density at radius 2 is 2.07 bits per heavy atom. The van der Waals surface area contributed by atoms with Gasteiger partial charge in [-0.2, -0.15) is 0 Å². The van der Waals surface area contributed by atoms with E-state index in [9.17, 15) is 0 Å². The Labute approximate surface area is 84.6 Å². The molecule has 0 bridgehead atoms. The molecule has 14 heavy (non-hydrogen) atoms. The Morgan fingerprint density at radius 1 is 1.29 bits per heavy atom. The van der Waals surface area contributed by atoms with E-state index in [1.807, 2.05) is 6.20 Å². The van der Waals surface area contributed by atoms with E-state index in [4.69, 9.17) is 0 Å². The van der Waals surface area contributed by atoms with Crippen LogP contribution in [0.2, 0.25) is 0 Å². The van der Waals surface area contributed by atoms with E-state index in [0.717, 1.165) is 18.5 Å². The summed E-state index contributed by atoms with van der Waals surface area (Å²) in [6.45, 7) is 4.35. The maximum absolute atomic E-state index is 4.48. The Bertz CT molecular complexity index is 455. The molecule has 0 spiro atoms. The minimum atomic E-state index is 1.06. The van der Waals surface area contributed by atoms with E-state index in [1.165, 1.54) is 16.5 Å². The van der Waals surface area contributed by atoms with E-state index in [1.54, 1.807) is 0 Å². The van der Waals surface area contributed by atoms with Crippen LogP contribution in [0.1, 0.15) is 25.0 Å². The van der Waals surface area contributed by atoms with Crippen LogP contribution in [0.25, 0.3) is 11.0 Å². The summed E-state index contributed by atoms with van der Waals surface area (Å²) in [5.41, 5.74) is 3.81. The normalized spacial score (nSPS) is 11.1. The molecule has 2 aromatic rings. The lowest BCUT2D eigenvalue weighted by atomic mass is 10.1. The van der Waals surface area contributed by atoms with Crippen molar-refractivity contribution in [1.82, 2.24) is 9.55 Å². The summed E-state index contributed by atoms with van der Waals surface area (Å²) in [6, 6.07) is 2.27. The van der Waals surface area contributed by atoms with Crippen LogP contribution < -0.4 is 0 Å². The summed E-state index contributed by atoms with van der Waals surface area (Å²) >= 11 is 0. The molecule has 0 amide bonds. The third-order valence-electron chi connectivity index (χ3n) is 2.74. The van der Waals surface area contributed by atoms with Gasteiger partial charge in [0.05, 0.1) is 0 Å². The van der Waals surface area contributed by atoms with Crippen molar-refractivity contribution in [2.75, 3.05) is 0 Å². The molecule has 74 valence electrons. The van der Waals surface area contributed by atoms with Gasteiger partial charge in [-0.25, -0.2) is 4.98 Å². The summed E-state index contributed by atoms with van der Waals surface area (Å²) in [7, 11) is 2.06. The van der Waals surface area contributed by atoms with Crippen LogP contribution in [0.4, 0.5) is 0 Å². The molecule has 0 aliphatic rings. The molecule has 0 aromatic carbocycles. The Morgan fingerprint density at radius 3 is 2.71 bits per heavy atom. The van der Waals surface area contributed by atoms with Crippen LogP contribution in [0, 0.1) is 0 Å². The number of aromatic nitrogens is 2. The van der Waals surface area contributed by atoms with Crippen molar-refractivity contribution < 1.29 is 0 Å². The molecular formula is C12H16N2. The molecule has 0 fully saturated rings. The van der Waals surface area contributed by atoms with Gasteiger partial charge in [0.1, 0.15) is 5.65 Å². The van der Waals surface area contributed by atoms with Crippen LogP contribution in [0.3, 0.4) is 0 Å². The van der Waals surface area contributed by atoms with Crippen molar-refractivity contribution in [1.29, 1.82) is 0 Å². The molecule has 2 heteroatoms. The van der Waals surface area contributed by atoms with E-state index >= 15 is 0 Å². The highest BCUT2D eigenvalue weighted by Crippen LogP contribution is 2.20. The van der Waals surface area contributed by atoms with Gasteiger partial charge >= 0.3 is 0 Å². The van der Waals surface area contributed by atoms with Gasteiger partial charge in [0.2, 0.25) is 0 Å². The molecule has 0 saturated carbocycles. The largest absolute Gasteiger partial charge is 0.335 e. The van der Waals surface area contributed by atoms with Gasteiger partial charge in [0, 0.05) is 24.8 Å². The first kappa shape index (κ1) is 9.25. The second-order valence-corrected chi connectivity index (χ2v) is 3.69. The predicted octanol–water partition coefficient (Wildman–Crippen LogP) is 2.70. The van der Waals surface area contributed by atoms with Crippen molar-refractivity contribution in [2.45, 2.75) is 26.7 Å². The molecule has 0 atom stereocenters. The molecule has 0 radical (unpaired) electrons. The van der Waals surface area contributed by atoms with Gasteiger partial charge in [-0.3, -0.25) is 0 Å². The van der Waals surface area contributed by atoms with Crippen LogP contribution in [0.5, 0.6) is 0 Å². The molecule has 2 aromatic heterocycles. The molecular weight excluding hydrogens is 172 g/mol. The standard InChI is InChI=1S/C12H16N2/c1-4-9-6-11-10(5-2)8-14(3)12(11)13-7-9/h6-8H,4-5H2,1-3H3. The zero-order chi connectivity index (χ0) is 10.1. The third kappa shape index (κ3) is 1.31. The van der Waals surface area contributed by atoms with Crippen LogP contribution in [0.15, 0.2) is 18.5 Å². The first-order valence-electron chi connectivity index (χ1n) is 5.19. The molecule has 2 heterocycles.